The Morgan fingerprint density at radius 2 is 1.85 bits per heavy atom. The predicted octanol–water partition coefficient (Wildman–Crippen LogP) is 4.05. The van der Waals surface area contributed by atoms with Gasteiger partial charge in [0.1, 0.15) is 11.3 Å². The number of hydrogen-bond donors (Lipinski definition) is 2. The van der Waals surface area contributed by atoms with E-state index in [-0.39, 0.29) is 16.9 Å². The Balaban J connectivity index is 1.87. The summed E-state index contributed by atoms with van der Waals surface area (Å²) < 4.78 is 5.17. The second-order valence-corrected chi connectivity index (χ2v) is 7.67. The van der Waals surface area contributed by atoms with E-state index in [0.29, 0.717) is 16.8 Å². The van der Waals surface area contributed by atoms with Gasteiger partial charge in [-0.3, -0.25) is 14.9 Å². The van der Waals surface area contributed by atoms with Gasteiger partial charge in [0.25, 0.3) is 11.8 Å². The van der Waals surface area contributed by atoms with Crippen LogP contribution in [0.4, 0.5) is 5.88 Å². The molecule has 0 spiro atoms. The molecule has 0 aliphatic heterocycles. The van der Waals surface area contributed by atoms with E-state index in [4.69, 9.17) is 10.3 Å². The van der Waals surface area contributed by atoms with Crippen LogP contribution in [0.15, 0.2) is 45.6 Å². The number of carbonyl (C=O) groups is 2. The van der Waals surface area contributed by atoms with Crippen LogP contribution in [0.5, 0.6) is 0 Å². The molecular formula is C19H19N3O3S. The number of benzene rings is 1. The number of anilines is 1. The van der Waals surface area contributed by atoms with Crippen LogP contribution in [-0.2, 0) is 5.41 Å². The number of primary amides is 1. The number of hydrogen-bond acceptors (Lipinski definition) is 5. The molecule has 0 bridgehead atoms. The molecule has 0 radical (unpaired) electrons. The fraction of sp³-hybridized carbons (Fsp3) is 0.211. The lowest BCUT2D eigenvalue weighted by molar-refractivity contribution is 0.100. The maximum atomic E-state index is 12.5. The van der Waals surface area contributed by atoms with Crippen LogP contribution >= 0.6 is 11.3 Å². The summed E-state index contributed by atoms with van der Waals surface area (Å²) in [6.45, 7) is 6.30. The largest absolute Gasteiger partial charge is 0.365 e. The average Bonchev–Trinajstić information content (AvgIpc) is 3.23. The third-order valence-electron chi connectivity index (χ3n) is 3.97. The molecule has 0 fully saturated rings. The minimum Gasteiger partial charge on any atom is -0.365 e. The lowest BCUT2D eigenvalue weighted by Crippen LogP contribution is -2.18. The van der Waals surface area contributed by atoms with Crippen LogP contribution in [0.3, 0.4) is 0 Å². The molecule has 1 aromatic carbocycles. The van der Waals surface area contributed by atoms with E-state index in [1.165, 1.54) is 11.3 Å². The summed E-state index contributed by atoms with van der Waals surface area (Å²) in [6, 6.07) is 9.07. The average molecular weight is 369 g/mol. The Morgan fingerprint density at radius 1 is 1.15 bits per heavy atom. The maximum absolute atomic E-state index is 12.5. The first kappa shape index (κ1) is 17.9. The second-order valence-electron chi connectivity index (χ2n) is 6.89. The highest BCUT2D eigenvalue weighted by Crippen LogP contribution is 2.30. The van der Waals surface area contributed by atoms with Gasteiger partial charge in [-0.05, 0) is 34.6 Å². The number of thiophene rings is 1. The van der Waals surface area contributed by atoms with E-state index in [0.717, 1.165) is 5.56 Å². The molecule has 134 valence electrons. The van der Waals surface area contributed by atoms with E-state index < -0.39 is 11.8 Å². The van der Waals surface area contributed by atoms with E-state index in [1.807, 2.05) is 22.9 Å². The standard InChI is InChI=1S/C19H19N3O3S/c1-19(2,3)13-6-4-11(5-7-13)17(24)21-18-14(16(20)23)15(22-25-18)12-8-9-26-10-12/h4-10H,1-3H3,(H2,20,23)(H,21,24). The number of carbonyl (C=O) groups excluding carboxylic acids is 2. The number of amides is 2. The van der Waals surface area contributed by atoms with Crippen LogP contribution in [0.1, 0.15) is 47.1 Å². The molecule has 2 heterocycles. The monoisotopic (exact) mass is 369 g/mol. The van der Waals surface area contributed by atoms with Gasteiger partial charge < -0.3 is 10.3 Å². The molecule has 3 N–H and O–H groups in total. The summed E-state index contributed by atoms with van der Waals surface area (Å²) in [4.78, 5) is 24.3. The molecule has 2 amide bonds. The number of nitrogens with zero attached hydrogens (tertiary/aromatic N) is 1. The molecule has 0 atom stereocenters. The molecule has 0 aliphatic carbocycles. The van der Waals surface area contributed by atoms with Crippen molar-refractivity contribution in [2.24, 2.45) is 5.73 Å². The van der Waals surface area contributed by atoms with Gasteiger partial charge in [-0.25, -0.2) is 0 Å². The molecule has 0 saturated heterocycles. The SMILES string of the molecule is CC(C)(C)c1ccc(C(=O)Nc2onc(-c3ccsc3)c2C(N)=O)cc1. The van der Waals surface area contributed by atoms with E-state index in [2.05, 4.69) is 31.2 Å². The third-order valence-corrected chi connectivity index (χ3v) is 4.66. The van der Waals surface area contributed by atoms with Crippen molar-refractivity contribution in [2.75, 3.05) is 5.32 Å². The maximum Gasteiger partial charge on any atom is 0.258 e. The van der Waals surface area contributed by atoms with Crippen LogP contribution in [-0.4, -0.2) is 17.0 Å². The summed E-state index contributed by atoms with van der Waals surface area (Å²) >= 11 is 1.46. The summed E-state index contributed by atoms with van der Waals surface area (Å²) in [7, 11) is 0. The Hall–Kier alpha value is -2.93. The Bertz CT molecular complexity index is 936. The van der Waals surface area contributed by atoms with Gasteiger partial charge in [-0.15, -0.1) is 0 Å². The minimum atomic E-state index is -0.717. The van der Waals surface area contributed by atoms with E-state index in [1.54, 1.807) is 18.2 Å². The molecule has 2 aromatic heterocycles. The molecule has 7 heteroatoms. The Kier molecular flexibility index (Phi) is 4.65. The van der Waals surface area contributed by atoms with Crippen molar-refractivity contribution in [3.63, 3.8) is 0 Å². The zero-order valence-electron chi connectivity index (χ0n) is 14.7. The fourth-order valence-electron chi connectivity index (χ4n) is 2.50. The molecule has 0 unspecified atom stereocenters. The van der Waals surface area contributed by atoms with Crippen molar-refractivity contribution in [3.8, 4) is 11.3 Å². The summed E-state index contributed by atoms with van der Waals surface area (Å²) in [6.07, 6.45) is 0. The van der Waals surface area contributed by atoms with Crippen molar-refractivity contribution in [1.82, 2.24) is 5.16 Å². The van der Waals surface area contributed by atoms with Crippen molar-refractivity contribution in [2.45, 2.75) is 26.2 Å². The molecule has 3 rings (SSSR count). The number of aromatic nitrogens is 1. The van der Waals surface area contributed by atoms with Crippen LogP contribution in [0.2, 0.25) is 0 Å². The third kappa shape index (κ3) is 3.52. The Morgan fingerprint density at radius 3 is 2.38 bits per heavy atom. The highest BCUT2D eigenvalue weighted by atomic mass is 32.1. The van der Waals surface area contributed by atoms with E-state index >= 15 is 0 Å². The molecule has 0 saturated carbocycles. The second kappa shape index (κ2) is 6.76. The first-order valence-electron chi connectivity index (χ1n) is 8.01. The minimum absolute atomic E-state index is 0.00544. The number of nitrogens with two attached hydrogens (primary N) is 1. The highest BCUT2D eigenvalue weighted by molar-refractivity contribution is 7.08. The lowest BCUT2D eigenvalue weighted by Gasteiger charge is -2.18. The summed E-state index contributed by atoms with van der Waals surface area (Å²) in [5.74, 6) is -1.17. The quantitative estimate of drug-likeness (QED) is 0.725. The van der Waals surface area contributed by atoms with E-state index in [9.17, 15) is 9.59 Å². The smallest absolute Gasteiger partial charge is 0.258 e. The Labute approximate surface area is 155 Å². The van der Waals surface area contributed by atoms with Crippen molar-refractivity contribution >= 4 is 29.0 Å². The van der Waals surface area contributed by atoms with Crippen molar-refractivity contribution in [3.05, 3.63) is 57.8 Å². The zero-order valence-corrected chi connectivity index (χ0v) is 15.5. The summed E-state index contributed by atoms with van der Waals surface area (Å²) in [5, 5.41) is 10.1. The summed E-state index contributed by atoms with van der Waals surface area (Å²) in [5.41, 5.74) is 8.10. The van der Waals surface area contributed by atoms with Crippen molar-refractivity contribution in [1.29, 1.82) is 0 Å². The molecule has 0 aliphatic rings. The van der Waals surface area contributed by atoms with Gasteiger partial charge in [0.15, 0.2) is 0 Å². The van der Waals surface area contributed by atoms with Crippen LogP contribution < -0.4 is 11.1 Å². The lowest BCUT2D eigenvalue weighted by atomic mass is 9.87. The van der Waals surface area contributed by atoms with Gasteiger partial charge in [0, 0.05) is 16.5 Å². The zero-order chi connectivity index (χ0) is 18.9. The highest BCUT2D eigenvalue weighted by Gasteiger charge is 2.24. The number of rotatable bonds is 4. The van der Waals surface area contributed by atoms with Gasteiger partial charge in [0.05, 0.1) is 0 Å². The van der Waals surface area contributed by atoms with Crippen LogP contribution in [0.25, 0.3) is 11.3 Å². The fourth-order valence-corrected chi connectivity index (χ4v) is 3.14. The first-order valence-corrected chi connectivity index (χ1v) is 8.95. The van der Waals surface area contributed by atoms with Gasteiger partial charge in [-0.2, -0.15) is 11.3 Å². The van der Waals surface area contributed by atoms with Gasteiger partial charge >= 0.3 is 0 Å². The normalized spacial score (nSPS) is 11.3. The van der Waals surface area contributed by atoms with Crippen molar-refractivity contribution < 1.29 is 14.1 Å². The molecule has 3 aromatic rings. The molecule has 26 heavy (non-hydrogen) atoms. The molecule has 6 nitrogen and oxygen atoms in total. The van der Waals surface area contributed by atoms with Crippen LogP contribution in [0, 0.1) is 0 Å². The first-order chi connectivity index (χ1) is 12.3. The number of nitrogens with one attached hydrogen (secondary N) is 1. The predicted molar refractivity (Wildman–Crippen MR) is 101 cm³/mol. The topological polar surface area (TPSA) is 98.2 Å². The van der Waals surface area contributed by atoms with Gasteiger partial charge in [0.2, 0.25) is 5.88 Å². The molecular weight excluding hydrogens is 350 g/mol. The van der Waals surface area contributed by atoms with Gasteiger partial charge in [-0.1, -0.05) is 38.1 Å².